The monoisotopic (exact) mass is 418 g/mol. The Morgan fingerprint density at radius 1 is 1.16 bits per heavy atom. The van der Waals surface area contributed by atoms with E-state index in [1.165, 1.54) is 56.0 Å². The largest absolute Gasteiger partial charge is 0.366 e. The first kappa shape index (κ1) is 21.0. The first-order valence-electron chi connectivity index (χ1n) is 10.8. The molecule has 3 saturated heterocycles. The minimum absolute atomic E-state index is 0.0311. The third kappa shape index (κ3) is 4.43. The van der Waals surface area contributed by atoms with E-state index in [1.807, 2.05) is 25.1 Å². The predicted octanol–water partition coefficient (Wildman–Crippen LogP) is 2.85. The zero-order chi connectivity index (χ0) is 21.8. The third-order valence-electron chi connectivity index (χ3n) is 6.60. The van der Waals surface area contributed by atoms with Gasteiger partial charge in [0.15, 0.2) is 11.4 Å². The number of fused-ring (bicyclic) bond motifs is 3. The number of hydrogen-bond acceptors (Lipinski definition) is 7. The van der Waals surface area contributed by atoms with E-state index in [4.69, 9.17) is 10.5 Å². The van der Waals surface area contributed by atoms with Crippen molar-refractivity contribution in [3.05, 3.63) is 35.2 Å². The highest BCUT2D eigenvalue weighted by Gasteiger charge is 2.38. The molecular weight excluding hydrogens is 390 g/mol. The minimum atomic E-state index is 0.0311. The van der Waals surface area contributed by atoms with Gasteiger partial charge in [0.2, 0.25) is 5.95 Å². The van der Waals surface area contributed by atoms with Crippen LogP contribution in [0.2, 0.25) is 0 Å². The molecule has 9 heteroatoms. The van der Waals surface area contributed by atoms with E-state index in [-0.39, 0.29) is 17.3 Å². The van der Waals surface area contributed by atoms with Gasteiger partial charge in [-0.05, 0) is 37.6 Å². The number of aryl methyl sites for hydroxylation is 1. The van der Waals surface area contributed by atoms with Gasteiger partial charge >= 0.3 is 0 Å². The van der Waals surface area contributed by atoms with Crippen LogP contribution in [-0.4, -0.2) is 78.3 Å². The summed E-state index contributed by atoms with van der Waals surface area (Å²) < 4.78 is 1.26. The van der Waals surface area contributed by atoms with Gasteiger partial charge < -0.3 is 14.4 Å². The number of piperazine rings is 3. The Morgan fingerprint density at radius 2 is 1.90 bits per heavy atom. The molecule has 1 aromatic carbocycles. The van der Waals surface area contributed by atoms with E-state index >= 15 is 0 Å². The number of imidazole rings is 1. The Balaban J connectivity index is 1.44. The van der Waals surface area contributed by atoms with E-state index in [1.54, 1.807) is 0 Å². The molecule has 4 heterocycles. The van der Waals surface area contributed by atoms with Gasteiger partial charge in [-0.25, -0.2) is 0 Å². The Bertz CT molecular complexity index is 1000. The van der Waals surface area contributed by atoms with Crippen LogP contribution in [0.4, 0.5) is 17.3 Å². The van der Waals surface area contributed by atoms with Gasteiger partial charge in [0.05, 0.1) is 38.4 Å². The molecule has 2 aromatic rings. The van der Waals surface area contributed by atoms with Crippen LogP contribution < -0.4 is 4.90 Å². The number of anilines is 1. The average molecular weight is 419 g/mol. The molecule has 0 atom stereocenters. The van der Waals surface area contributed by atoms with Crippen LogP contribution in [0.5, 0.6) is 0 Å². The van der Waals surface area contributed by atoms with Crippen molar-refractivity contribution < 1.29 is 4.48 Å². The summed E-state index contributed by atoms with van der Waals surface area (Å²) in [6, 6.07) is 9.96. The first-order chi connectivity index (χ1) is 15.1. The summed E-state index contributed by atoms with van der Waals surface area (Å²) in [5.74, 6) is 0.155. The Hall–Kier alpha value is -3.27. The minimum Gasteiger partial charge on any atom is -0.366 e. The number of rotatable bonds is 7. The van der Waals surface area contributed by atoms with Crippen molar-refractivity contribution in [3.8, 4) is 12.1 Å². The second kappa shape index (κ2) is 8.84. The van der Waals surface area contributed by atoms with Crippen molar-refractivity contribution in [3.63, 3.8) is 0 Å². The summed E-state index contributed by atoms with van der Waals surface area (Å²) in [7, 11) is 0. The molecule has 3 fully saturated rings. The SMILES string of the molecule is CCN(CC[N+]12CCN(CC1)CC2)c1ccc(N=Nc2nc(C#N)c(C#N)[nH]2)c(C)c1. The number of nitrogens with zero attached hydrogens (tertiary/aromatic N) is 8. The lowest BCUT2D eigenvalue weighted by molar-refractivity contribution is -0.939. The van der Waals surface area contributed by atoms with Crippen molar-refractivity contribution in [1.29, 1.82) is 10.5 Å². The molecule has 5 rings (SSSR count). The summed E-state index contributed by atoms with van der Waals surface area (Å²) in [5, 5.41) is 26.3. The van der Waals surface area contributed by atoms with Gasteiger partial charge in [-0.15, -0.1) is 10.2 Å². The zero-order valence-electron chi connectivity index (χ0n) is 18.2. The number of aromatic amines is 1. The fourth-order valence-corrected chi connectivity index (χ4v) is 4.49. The van der Waals surface area contributed by atoms with Crippen molar-refractivity contribution in [1.82, 2.24) is 14.9 Å². The summed E-state index contributed by atoms with van der Waals surface area (Å²) in [5.41, 5.74) is 3.09. The predicted molar refractivity (Wildman–Crippen MR) is 117 cm³/mol. The number of azo groups is 1. The van der Waals surface area contributed by atoms with Crippen LogP contribution in [-0.2, 0) is 0 Å². The summed E-state index contributed by atoms with van der Waals surface area (Å²) in [6.07, 6.45) is 0. The topological polar surface area (TPSA) is 107 Å². The number of nitriles is 2. The number of nitrogens with one attached hydrogen (secondary N) is 1. The van der Waals surface area contributed by atoms with Crippen LogP contribution in [0.25, 0.3) is 0 Å². The Labute approximate surface area is 182 Å². The number of quaternary nitrogens is 1. The molecule has 3 aliphatic rings. The molecule has 0 unspecified atom stereocenters. The molecular formula is C22H28N9+. The Morgan fingerprint density at radius 3 is 2.48 bits per heavy atom. The van der Waals surface area contributed by atoms with Crippen molar-refractivity contribution in [2.24, 2.45) is 10.2 Å². The van der Waals surface area contributed by atoms with Gasteiger partial charge in [0.25, 0.3) is 0 Å². The van der Waals surface area contributed by atoms with Crippen LogP contribution in [0.1, 0.15) is 23.9 Å². The molecule has 1 aromatic heterocycles. The fraction of sp³-hybridized carbons (Fsp3) is 0.500. The van der Waals surface area contributed by atoms with Crippen molar-refractivity contribution in [2.75, 3.05) is 63.8 Å². The van der Waals surface area contributed by atoms with Crippen LogP contribution in [0.15, 0.2) is 28.4 Å². The maximum absolute atomic E-state index is 9.01. The molecule has 31 heavy (non-hydrogen) atoms. The van der Waals surface area contributed by atoms with E-state index in [2.05, 4.69) is 49.1 Å². The molecule has 160 valence electrons. The highest BCUT2D eigenvalue weighted by Crippen LogP contribution is 2.27. The van der Waals surface area contributed by atoms with Crippen molar-refractivity contribution >= 4 is 17.3 Å². The molecule has 0 amide bonds. The van der Waals surface area contributed by atoms with E-state index in [0.29, 0.717) is 0 Å². The molecule has 0 radical (unpaired) electrons. The summed E-state index contributed by atoms with van der Waals surface area (Å²) >= 11 is 0. The molecule has 3 aliphatic heterocycles. The molecule has 9 nitrogen and oxygen atoms in total. The van der Waals surface area contributed by atoms with Crippen LogP contribution >= 0.6 is 0 Å². The van der Waals surface area contributed by atoms with E-state index in [0.717, 1.165) is 24.3 Å². The maximum Gasteiger partial charge on any atom is 0.249 e. The van der Waals surface area contributed by atoms with Crippen LogP contribution in [0, 0.1) is 29.6 Å². The number of hydrogen-bond donors (Lipinski definition) is 1. The number of benzene rings is 1. The smallest absolute Gasteiger partial charge is 0.249 e. The quantitative estimate of drug-likeness (QED) is 0.549. The van der Waals surface area contributed by atoms with E-state index in [9.17, 15) is 0 Å². The summed E-state index contributed by atoms with van der Waals surface area (Å²) in [6.45, 7) is 15.0. The maximum atomic E-state index is 9.01. The molecule has 1 N–H and O–H groups in total. The van der Waals surface area contributed by atoms with E-state index < -0.39 is 0 Å². The average Bonchev–Trinajstić information content (AvgIpc) is 3.22. The van der Waals surface area contributed by atoms with Gasteiger partial charge in [-0.2, -0.15) is 15.5 Å². The third-order valence-corrected chi connectivity index (χ3v) is 6.60. The number of aromatic nitrogens is 2. The molecule has 2 bridgehead atoms. The van der Waals surface area contributed by atoms with Crippen LogP contribution in [0.3, 0.4) is 0 Å². The van der Waals surface area contributed by atoms with Gasteiger partial charge in [0, 0.05) is 31.9 Å². The normalized spacial score (nSPS) is 22.4. The zero-order valence-corrected chi connectivity index (χ0v) is 18.2. The standard InChI is InChI=1S/C22H28N9/c1-3-30(9-13-31-10-6-29(7-11-31)8-12-31)18-4-5-19(17(2)14-18)27-28-22-25-20(15-23)21(16-24)26-22/h4-5,14H,3,6-13H2,1-2H3,(H,25,26)/q+1. The number of H-pyrrole nitrogens is 1. The number of likely N-dealkylation sites (N-methyl/N-ethyl adjacent to an activating group) is 1. The Kier molecular flexibility index (Phi) is 5.99. The molecule has 0 saturated carbocycles. The lowest BCUT2D eigenvalue weighted by Gasteiger charge is -2.51. The molecule has 0 spiro atoms. The van der Waals surface area contributed by atoms with Crippen molar-refractivity contribution in [2.45, 2.75) is 13.8 Å². The van der Waals surface area contributed by atoms with Gasteiger partial charge in [-0.3, -0.25) is 4.90 Å². The lowest BCUT2D eigenvalue weighted by Crippen LogP contribution is -2.68. The first-order valence-corrected chi connectivity index (χ1v) is 10.8. The lowest BCUT2D eigenvalue weighted by atomic mass is 10.1. The fourth-order valence-electron chi connectivity index (χ4n) is 4.49. The second-order valence-corrected chi connectivity index (χ2v) is 8.34. The molecule has 0 aliphatic carbocycles. The van der Waals surface area contributed by atoms with Gasteiger partial charge in [0.1, 0.15) is 12.1 Å². The second-order valence-electron chi connectivity index (χ2n) is 8.34. The summed E-state index contributed by atoms with van der Waals surface area (Å²) in [4.78, 5) is 11.7. The highest BCUT2D eigenvalue weighted by molar-refractivity contribution is 5.57. The van der Waals surface area contributed by atoms with Gasteiger partial charge in [-0.1, -0.05) is 0 Å². The highest BCUT2D eigenvalue weighted by atomic mass is 15.5.